The highest BCUT2D eigenvalue weighted by molar-refractivity contribution is 6.33. The van der Waals surface area contributed by atoms with Crippen LogP contribution in [0.4, 0.5) is 13.2 Å². The van der Waals surface area contributed by atoms with Crippen molar-refractivity contribution in [2.45, 2.75) is 12.7 Å². The van der Waals surface area contributed by atoms with Gasteiger partial charge >= 0.3 is 6.18 Å². The van der Waals surface area contributed by atoms with Crippen LogP contribution in [0.15, 0.2) is 54.6 Å². The zero-order valence-corrected chi connectivity index (χ0v) is 16.2. The first-order valence-corrected chi connectivity index (χ1v) is 9.28. The maximum absolute atomic E-state index is 13.3. The molecule has 0 aliphatic rings. The number of nitrogens with zero attached hydrogens (tertiary/aromatic N) is 1. The van der Waals surface area contributed by atoms with Gasteiger partial charge in [0.1, 0.15) is 0 Å². The maximum atomic E-state index is 13.3. The SMILES string of the molecule is NC(=O)c1cccc2c1c1ccc(C(F)(F)F)cc1n2Cc1cc(Cl)ccc1Cl. The minimum absolute atomic E-state index is 0.170. The number of carbonyl (C=O) groups is 1. The van der Waals surface area contributed by atoms with Crippen LogP contribution < -0.4 is 5.73 Å². The van der Waals surface area contributed by atoms with E-state index in [1.165, 1.54) is 6.07 Å². The van der Waals surface area contributed by atoms with Gasteiger partial charge in [-0.05, 0) is 48.0 Å². The lowest BCUT2D eigenvalue weighted by Crippen LogP contribution is -2.11. The highest BCUT2D eigenvalue weighted by Gasteiger charge is 2.31. The first kappa shape index (κ1) is 19.6. The number of nitrogens with two attached hydrogens (primary N) is 1. The van der Waals surface area contributed by atoms with Crippen LogP contribution in [0.2, 0.25) is 10.0 Å². The van der Waals surface area contributed by atoms with E-state index in [2.05, 4.69) is 0 Å². The van der Waals surface area contributed by atoms with E-state index in [9.17, 15) is 18.0 Å². The Hall–Kier alpha value is -2.70. The normalized spacial score (nSPS) is 12.0. The summed E-state index contributed by atoms with van der Waals surface area (Å²) in [6, 6.07) is 13.3. The van der Waals surface area contributed by atoms with Crippen molar-refractivity contribution in [3.63, 3.8) is 0 Å². The number of amides is 1. The molecular weight excluding hydrogens is 424 g/mol. The van der Waals surface area contributed by atoms with Crippen LogP contribution in [0, 0.1) is 0 Å². The number of carbonyl (C=O) groups excluding carboxylic acids is 1. The van der Waals surface area contributed by atoms with Gasteiger partial charge in [0.05, 0.1) is 16.6 Å². The van der Waals surface area contributed by atoms with Gasteiger partial charge in [0.2, 0.25) is 5.91 Å². The van der Waals surface area contributed by atoms with Crippen molar-refractivity contribution >= 4 is 50.9 Å². The Morgan fingerprint density at radius 1 is 1.00 bits per heavy atom. The summed E-state index contributed by atoms with van der Waals surface area (Å²) in [6.45, 7) is 0.170. The Morgan fingerprint density at radius 3 is 2.45 bits per heavy atom. The van der Waals surface area contributed by atoms with Crippen molar-refractivity contribution in [3.8, 4) is 0 Å². The molecule has 148 valence electrons. The van der Waals surface area contributed by atoms with Gasteiger partial charge in [-0.15, -0.1) is 0 Å². The molecule has 4 rings (SSSR count). The number of hydrogen-bond acceptors (Lipinski definition) is 1. The van der Waals surface area contributed by atoms with Crippen molar-refractivity contribution in [1.29, 1.82) is 0 Å². The summed E-state index contributed by atoms with van der Waals surface area (Å²) in [5.74, 6) is -0.657. The predicted octanol–water partition coefficient (Wildman–Crippen LogP) is 6.27. The molecule has 0 bridgehead atoms. The van der Waals surface area contributed by atoms with E-state index in [0.29, 0.717) is 37.4 Å². The van der Waals surface area contributed by atoms with Crippen LogP contribution in [0.1, 0.15) is 21.5 Å². The number of fused-ring (bicyclic) bond motifs is 3. The molecule has 0 aliphatic heterocycles. The third-order valence-electron chi connectivity index (χ3n) is 4.82. The zero-order valence-electron chi connectivity index (χ0n) is 14.7. The molecule has 8 heteroatoms. The molecule has 0 fully saturated rings. The molecule has 1 heterocycles. The van der Waals surface area contributed by atoms with Gasteiger partial charge in [0.15, 0.2) is 0 Å². The molecule has 0 saturated heterocycles. The fraction of sp³-hybridized carbons (Fsp3) is 0.0952. The fourth-order valence-electron chi connectivity index (χ4n) is 3.53. The van der Waals surface area contributed by atoms with E-state index in [4.69, 9.17) is 28.9 Å². The number of aromatic nitrogens is 1. The highest BCUT2D eigenvalue weighted by Crippen LogP contribution is 2.37. The lowest BCUT2D eigenvalue weighted by molar-refractivity contribution is -0.137. The number of rotatable bonds is 3. The molecule has 0 unspecified atom stereocenters. The van der Waals surface area contributed by atoms with Crippen molar-refractivity contribution in [1.82, 2.24) is 4.57 Å². The van der Waals surface area contributed by atoms with Crippen LogP contribution in [0.5, 0.6) is 0 Å². The van der Waals surface area contributed by atoms with Crippen LogP contribution >= 0.6 is 23.2 Å². The zero-order chi connectivity index (χ0) is 20.9. The van der Waals surface area contributed by atoms with Crippen molar-refractivity contribution in [2.24, 2.45) is 5.73 Å². The summed E-state index contributed by atoms with van der Waals surface area (Å²) < 4.78 is 41.7. The maximum Gasteiger partial charge on any atom is 0.416 e. The second kappa shape index (κ2) is 6.97. The van der Waals surface area contributed by atoms with E-state index < -0.39 is 17.6 Å². The highest BCUT2D eigenvalue weighted by atomic mass is 35.5. The standard InChI is InChI=1S/C21H13Cl2F3N2O/c22-13-5-7-16(23)11(8-13)10-28-17-3-1-2-15(20(27)29)19(17)14-6-4-12(9-18(14)28)21(24,25)26/h1-9H,10H2,(H2,27,29). The Kier molecular flexibility index (Phi) is 4.71. The summed E-state index contributed by atoms with van der Waals surface area (Å²) in [5, 5.41) is 1.89. The van der Waals surface area contributed by atoms with Gasteiger partial charge < -0.3 is 10.3 Å². The predicted molar refractivity (Wildman–Crippen MR) is 109 cm³/mol. The third-order valence-corrected chi connectivity index (χ3v) is 5.42. The Morgan fingerprint density at radius 2 is 1.76 bits per heavy atom. The van der Waals surface area contributed by atoms with E-state index in [1.807, 2.05) is 0 Å². The Labute approximate surface area is 173 Å². The molecular formula is C21H13Cl2F3N2O. The second-order valence-corrected chi connectivity index (χ2v) is 7.46. The number of primary amides is 1. The third kappa shape index (κ3) is 3.43. The molecule has 3 nitrogen and oxygen atoms in total. The van der Waals surface area contributed by atoms with Gasteiger partial charge in [0, 0.05) is 32.9 Å². The molecule has 0 radical (unpaired) electrons. The topological polar surface area (TPSA) is 48.0 Å². The summed E-state index contributed by atoms with van der Waals surface area (Å²) in [4.78, 5) is 11.9. The average Bonchev–Trinajstić information content (AvgIpc) is 2.97. The van der Waals surface area contributed by atoms with Crippen molar-refractivity contribution in [3.05, 3.63) is 81.3 Å². The number of benzene rings is 3. The monoisotopic (exact) mass is 436 g/mol. The molecule has 29 heavy (non-hydrogen) atoms. The molecule has 0 atom stereocenters. The summed E-state index contributed by atoms with van der Waals surface area (Å²) >= 11 is 12.3. The average molecular weight is 437 g/mol. The molecule has 3 aromatic carbocycles. The molecule has 4 aromatic rings. The molecule has 2 N–H and O–H groups in total. The van der Waals surface area contributed by atoms with Gasteiger partial charge in [-0.2, -0.15) is 13.2 Å². The largest absolute Gasteiger partial charge is 0.416 e. The van der Waals surface area contributed by atoms with Crippen molar-refractivity contribution < 1.29 is 18.0 Å². The van der Waals surface area contributed by atoms with E-state index >= 15 is 0 Å². The van der Waals surface area contributed by atoms with Crippen LogP contribution in [-0.2, 0) is 12.7 Å². The van der Waals surface area contributed by atoms with Gasteiger partial charge in [-0.25, -0.2) is 0 Å². The minimum Gasteiger partial charge on any atom is -0.366 e. The first-order chi connectivity index (χ1) is 13.7. The van der Waals surface area contributed by atoms with E-state index in [-0.39, 0.29) is 12.1 Å². The molecule has 0 spiro atoms. The number of halogens is 5. The van der Waals surface area contributed by atoms with Crippen LogP contribution in [-0.4, -0.2) is 10.5 Å². The number of alkyl halides is 3. The van der Waals surface area contributed by atoms with Gasteiger partial charge in [-0.3, -0.25) is 4.79 Å². The van der Waals surface area contributed by atoms with Gasteiger partial charge in [0.25, 0.3) is 0 Å². The van der Waals surface area contributed by atoms with Gasteiger partial charge in [-0.1, -0.05) is 35.3 Å². The van der Waals surface area contributed by atoms with Crippen molar-refractivity contribution in [2.75, 3.05) is 0 Å². The quantitative estimate of drug-likeness (QED) is 0.404. The molecule has 0 saturated carbocycles. The van der Waals surface area contributed by atoms with E-state index in [0.717, 1.165) is 12.1 Å². The summed E-state index contributed by atoms with van der Waals surface area (Å²) in [7, 11) is 0. The molecule has 0 aliphatic carbocycles. The minimum atomic E-state index is -4.50. The van der Waals surface area contributed by atoms with E-state index in [1.54, 1.807) is 41.0 Å². The smallest absolute Gasteiger partial charge is 0.366 e. The molecule has 1 amide bonds. The summed E-state index contributed by atoms with van der Waals surface area (Å²) in [6.07, 6.45) is -4.50. The second-order valence-electron chi connectivity index (χ2n) is 6.62. The lowest BCUT2D eigenvalue weighted by Gasteiger charge is -2.12. The molecule has 1 aromatic heterocycles. The Bertz CT molecular complexity index is 1280. The Balaban J connectivity index is 2.08. The fourth-order valence-corrected chi connectivity index (χ4v) is 3.90. The van der Waals surface area contributed by atoms with Crippen LogP contribution in [0.3, 0.4) is 0 Å². The number of hydrogen-bond donors (Lipinski definition) is 1. The summed E-state index contributed by atoms with van der Waals surface area (Å²) in [5.41, 5.74) is 6.50. The van der Waals surface area contributed by atoms with Crippen LogP contribution in [0.25, 0.3) is 21.8 Å². The first-order valence-electron chi connectivity index (χ1n) is 8.52. The lowest BCUT2D eigenvalue weighted by atomic mass is 10.0.